The number of nitrogens with one attached hydrogen (secondary N) is 2. The van der Waals surface area contributed by atoms with E-state index < -0.39 is 65.0 Å². The Morgan fingerprint density at radius 3 is 2.08 bits per heavy atom. The number of ketones is 4. The highest BCUT2D eigenvalue weighted by molar-refractivity contribution is 6.52. The van der Waals surface area contributed by atoms with E-state index in [-0.39, 0.29) is 104 Å². The number of fused-ring (bicyclic) bond motifs is 2. The lowest BCUT2D eigenvalue weighted by Gasteiger charge is -2.41. The van der Waals surface area contributed by atoms with Crippen molar-refractivity contribution < 1.29 is 57.4 Å². The summed E-state index contributed by atoms with van der Waals surface area (Å²) >= 11 is 0. The predicted octanol–water partition coefficient (Wildman–Crippen LogP) is 8.99. The molecule has 0 radical (unpaired) electrons. The first-order valence-corrected chi connectivity index (χ1v) is 27.4. The van der Waals surface area contributed by atoms with Crippen LogP contribution in [0.25, 0.3) is 5.76 Å². The summed E-state index contributed by atoms with van der Waals surface area (Å²) in [6.07, 6.45) is 5.58. The molecule has 6 rings (SSSR count). The largest absolute Gasteiger partial charge is 0.483 e. The molecule has 0 spiro atoms. The molecule has 0 bridgehead atoms. The second-order valence-electron chi connectivity index (χ2n) is 22.0. The molecule has 1 aliphatic carbocycles. The molecule has 1 saturated heterocycles. The standard InChI is InChI=1S/C62H77N3O12/c1-39(2)34-45(63-41(5)66)32-31-44(35-42-20-10-8-11-21-42)61(74)65-33-19-27-51(65)53(68)36-48(40(3)4)60(73)64-50(26-16-17-29-55(69)75-38-43-22-12-9-13-23-43)52(67)28-18-30-56(70)76-54-37-49-58(72)57(71)46-24-14-15-25-47(46)59(49)77-62(54,6)7/h8-15,20-25,31-32,39-40,44-45,48,50-51,54H,16-19,26-30,33-38H2,1-7H3,(H,63,66)(H,64,73)/b32-31+/t44-,45-,48+,50+,51+,54?/m1/s1. The number of ether oxygens (including phenoxy) is 3. The van der Waals surface area contributed by atoms with Gasteiger partial charge in [-0.15, -0.1) is 0 Å². The van der Waals surface area contributed by atoms with Gasteiger partial charge in [-0.1, -0.05) is 131 Å². The number of benzene rings is 3. The third-order valence-electron chi connectivity index (χ3n) is 14.6. The fourth-order valence-corrected chi connectivity index (χ4v) is 10.4. The molecule has 6 atom stereocenters. The molecule has 0 aromatic heterocycles. The fourth-order valence-electron chi connectivity index (χ4n) is 10.4. The smallest absolute Gasteiger partial charge is 0.306 e. The number of hydrogen-bond acceptors (Lipinski definition) is 12. The Balaban J connectivity index is 1.11. The van der Waals surface area contributed by atoms with Crippen molar-refractivity contribution in [2.45, 2.75) is 168 Å². The van der Waals surface area contributed by atoms with Crippen molar-refractivity contribution >= 4 is 58.6 Å². The topological polar surface area (TPSA) is 209 Å². The van der Waals surface area contributed by atoms with E-state index >= 15 is 0 Å². The second kappa shape index (κ2) is 27.8. The van der Waals surface area contributed by atoms with Crippen molar-refractivity contribution in [1.29, 1.82) is 0 Å². The number of likely N-dealkylation sites (tertiary alicyclic amines) is 1. The zero-order valence-electron chi connectivity index (χ0n) is 45.8. The van der Waals surface area contributed by atoms with Crippen LogP contribution in [0.4, 0.5) is 0 Å². The SMILES string of the molecule is CC(=O)N[C@H](/C=C/[C@H](Cc1ccccc1)C(=O)N1CCC[C@H]1C(=O)C[C@H](C(=O)N[C@@H](CCCCC(=O)OCc1ccccc1)C(=O)CCCC(=O)OC1CC2=C(OC1(C)C)c1ccccc1C(=O)C2=O)C(C)C)CC(C)C. The molecule has 1 fully saturated rings. The minimum Gasteiger partial charge on any atom is -0.483 e. The molecule has 2 heterocycles. The average molecular weight is 1060 g/mol. The molecule has 2 N–H and O–H groups in total. The number of esters is 2. The van der Waals surface area contributed by atoms with E-state index in [0.717, 1.165) is 11.1 Å². The van der Waals surface area contributed by atoms with E-state index in [1.807, 2.05) is 86.7 Å². The molecule has 3 aromatic carbocycles. The number of carbonyl (C=O) groups is 9. The van der Waals surface area contributed by atoms with Crippen LogP contribution in [0.5, 0.6) is 0 Å². The molecule has 15 heteroatoms. The van der Waals surface area contributed by atoms with E-state index in [2.05, 4.69) is 24.5 Å². The van der Waals surface area contributed by atoms with E-state index in [4.69, 9.17) is 14.2 Å². The van der Waals surface area contributed by atoms with Crippen LogP contribution in [-0.2, 0) is 65.6 Å². The molecule has 412 valence electrons. The zero-order valence-corrected chi connectivity index (χ0v) is 45.8. The summed E-state index contributed by atoms with van der Waals surface area (Å²) in [6.45, 7) is 13.2. The van der Waals surface area contributed by atoms with Crippen LogP contribution in [0.15, 0.2) is 103 Å². The van der Waals surface area contributed by atoms with Crippen molar-refractivity contribution in [3.63, 3.8) is 0 Å². The Morgan fingerprint density at radius 1 is 0.766 bits per heavy atom. The zero-order chi connectivity index (χ0) is 55.8. The maximum Gasteiger partial charge on any atom is 0.306 e. The van der Waals surface area contributed by atoms with Gasteiger partial charge in [-0.3, -0.25) is 43.2 Å². The number of amides is 3. The molecule has 2 aliphatic heterocycles. The van der Waals surface area contributed by atoms with Crippen molar-refractivity contribution in [2.24, 2.45) is 23.7 Å². The van der Waals surface area contributed by atoms with Crippen molar-refractivity contribution in [3.05, 3.63) is 125 Å². The Kier molecular flexibility index (Phi) is 21.4. The number of Topliss-reactive ketones (excluding diaryl/α,β-unsaturated/α-hetero) is 4. The molecule has 3 aliphatic rings. The van der Waals surface area contributed by atoms with Crippen LogP contribution < -0.4 is 10.6 Å². The van der Waals surface area contributed by atoms with Crippen LogP contribution in [0.1, 0.15) is 153 Å². The average Bonchev–Trinajstić information content (AvgIpc) is 3.92. The van der Waals surface area contributed by atoms with Gasteiger partial charge in [-0.25, -0.2) is 0 Å². The van der Waals surface area contributed by atoms with Gasteiger partial charge in [0.05, 0.1) is 23.6 Å². The normalized spacial score (nSPS) is 18.4. The van der Waals surface area contributed by atoms with Crippen LogP contribution in [-0.4, -0.2) is 94.1 Å². The van der Waals surface area contributed by atoms with Gasteiger partial charge >= 0.3 is 11.9 Å². The minimum atomic E-state index is -1.06. The summed E-state index contributed by atoms with van der Waals surface area (Å²) in [6, 6.07) is 23.6. The third kappa shape index (κ3) is 16.7. The van der Waals surface area contributed by atoms with Gasteiger partial charge in [0.25, 0.3) is 0 Å². The lowest BCUT2D eigenvalue weighted by molar-refractivity contribution is -0.163. The van der Waals surface area contributed by atoms with Crippen LogP contribution >= 0.6 is 0 Å². The minimum absolute atomic E-state index is 0.0272. The summed E-state index contributed by atoms with van der Waals surface area (Å²) in [5.74, 6) is -5.07. The Hall–Kier alpha value is -7.03. The van der Waals surface area contributed by atoms with Crippen LogP contribution in [0.2, 0.25) is 0 Å². The molecule has 3 aromatic rings. The predicted molar refractivity (Wildman–Crippen MR) is 290 cm³/mol. The van der Waals surface area contributed by atoms with Crippen molar-refractivity contribution in [1.82, 2.24) is 15.5 Å². The van der Waals surface area contributed by atoms with E-state index in [1.54, 1.807) is 43.0 Å². The van der Waals surface area contributed by atoms with Gasteiger partial charge in [0, 0.05) is 68.7 Å². The van der Waals surface area contributed by atoms with Crippen molar-refractivity contribution in [2.75, 3.05) is 6.54 Å². The summed E-state index contributed by atoms with van der Waals surface area (Å²) in [7, 11) is 0. The first-order chi connectivity index (χ1) is 36.7. The first kappa shape index (κ1) is 59.2. The monoisotopic (exact) mass is 1060 g/mol. The lowest BCUT2D eigenvalue weighted by atomic mass is 9.81. The highest BCUT2D eigenvalue weighted by atomic mass is 16.6. The van der Waals surface area contributed by atoms with E-state index in [1.165, 1.54) is 6.92 Å². The van der Waals surface area contributed by atoms with Gasteiger partial charge in [-0.2, -0.15) is 0 Å². The molecule has 3 amide bonds. The number of nitrogens with zero attached hydrogens (tertiary/aromatic N) is 1. The maximum atomic E-state index is 14.6. The van der Waals surface area contributed by atoms with Crippen LogP contribution in [0, 0.1) is 23.7 Å². The number of rotatable bonds is 27. The Bertz CT molecular complexity index is 2670. The fraction of sp³-hybridized carbons (Fsp3) is 0.500. The van der Waals surface area contributed by atoms with Gasteiger partial charge in [0.1, 0.15) is 24.1 Å². The molecule has 0 saturated carbocycles. The highest BCUT2D eigenvalue weighted by Gasteiger charge is 2.47. The molecule has 77 heavy (non-hydrogen) atoms. The first-order valence-electron chi connectivity index (χ1n) is 27.4. The van der Waals surface area contributed by atoms with Gasteiger partial charge in [0.2, 0.25) is 29.3 Å². The molecular formula is C62H77N3O12. The quantitative estimate of drug-likeness (QED) is 0.0317. The van der Waals surface area contributed by atoms with E-state index in [0.29, 0.717) is 56.4 Å². The van der Waals surface area contributed by atoms with Crippen LogP contribution in [0.3, 0.4) is 0 Å². The van der Waals surface area contributed by atoms with Gasteiger partial charge < -0.3 is 29.7 Å². The van der Waals surface area contributed by atoms with Gasteiger partial charge in [-0.05, 0) is 81.8 Å². The lowest BCUT2D eigenvalue weighted by Crippen LogP contribution is -2.48. The number of carbonyl (C=O) groups excluding carboxylic acids is 9. The summed E-state index contributed by atoms with van der Waals surface area (Å²) in [4.78, 5) is 123. The van der Waals surface area contributed by atoms with Crippen molar-refractivity contribution in [3.8, 4) is 0 Å². The molecule has 15 nitrogen and oxygen atoms in total. The maximum absolute atomic E-state index is 14.6. The Labute approximate surface area is 453 Å². The van der Waals surface area contributed by atoms with E-state index in [9.17, 15) is 43.2 Å². The second-order valence-corrected chi connectivity index (χ2v) is 22.0. The third-order valence-corrected chi connectivity index (χ3v) is 14.6. The molecule has 1 unspecified atom stereocenters. The summed E-state index contributed by atoms with van der Waals surface area (Å²) < 4.78 is 17.6. The summed E-state index contributed by atoms with van der Waals surface area (Å²) in [5.41, 5.74) is 1.65. The number of unbranched alkanes of at least 4 members (excludes halogenated alkanes) is 1. The van der Waals surface area contributed by atoms with Gasteiger partial charge in [0.15, 0.2) is 11.6 Å². The summed E-state index contributed by atoms with van der Waals surface area (Å²) in [5, 5.41) is 5.92. The molecular weight excluding hydrogens is 979 g/mol. The highest BCUT2D eigenvalue weighted by Crippen LogP contribution is 2.42. The Morgan fingerprint density at radius 2 is 1.42 bits per heavy atom. The number of hydrogen-bond donors (Lipinski definition) is 2.